The number of piperidine rings is 2. The highest BCUT2D eigenvalue weighted by Crippen LogP contribution is 2.23. The Hall–Kier alpha value is -2.05. The van der Waals surface area contributed by atoms with Crippen LogP contribution in [0.5, 0.6) is 0 Å². The summed E-state index contributed by atoms with van der Waals surface area (Å²) < 4.78 is 26.6. The molecule has 2 saturated heterocycles. The number of halogens is 2. The van der Waals surface area contributed by atoms with Crippen molar-refractivity contribution in [2.75, 3.05) is 26.2 Å². The quantitative estimate of drug-likeness (QED) is 0.831. The van der Waals surface area contributed by atoms with Crippen LogP contribution in [0, 0.1) is 17.6 Å². The van der Waals surface area contributed by atoms with Gasteiger partial charge in [0.15, 0.2) is 11.5 Å². The molecule has 0 bridgehead atoms. The van der Waals surface area contributed by atoms with E-state index in [-0.39, 0.29) is 17.5 Å². The van der Waals surface area contributed by atoms with E-state index >= 15 is 0 Å². The number of pyridine rings is 1. The molecule has 3 heterocycles. The molecule has 2 amide bonds. The van der Waals surface area contributed by atoms with Crippen LogP contribution in [-0.2, 0) is 4.79 Å². The Morgan fingerprint density at radius 2 is 1.67 bits per heavy atom. The lowest BCUT2D eigenvalue weighted by molar-refractivity contribution is -0.137. The minimum atomic E-state index is -0.952. The van der Waals surface area contributed by atoms with E-state index in [4.69, 9.17) is 0 Å². The molecule has 0 saturated carbocycles. The number of likely N-dealkylation sites (tertiary alicyclic amines) is 2. The Morgan fingerprint density at radius 1 is 1.00 bits per heavy atom. The highest BCUT2D eigenvalue weighted by molar-refractivity contribution is 5.92. The molecule has 1 aromatic rings. The van der Waals surface area contributed by atoms with Gasteiger partial charge < -0.3 is 9.80 Å². The number of amides is 2. The van der Waals surface area contributed by atoms with Gasteiger partial charge in [0.25, 0.3) is 5.91 Å². The fourth-order valence-corrected chi connectivity index (χ4v) is 3.42. The average Bonchev–Trinajstić information content (AvgIpc) is 2.61. The zero-order valence-electron chi connectivity index (χ0n) is 13.5. The monoisotopic (exact) mass is 337 g/mol. The Labute approximate surface area is 139 Å². The molecule has 0 aliphatic carbocycles. The summed E-state index contributed by atoms with van der Waals surface area (Å²) in [6.07, 6.45) is 5.26. The van der Waals surface area contributed by atoms with Crippen LogP contribution in [0.15, 0.2) is 12.3 Å². The second-order valence-electron chi connectivity index (χ2n) is 6.44. The van der Waals surface area contributed by atoms with Gasteiger partial charge in [0.1, 0.15) is 5.82 Å². The molecular formula is C17H21F2N3O2. The van der Waals surface area contributed by atoms with Gasteiger partial charge in [0, 0.05) is 38.2 Å². The molecule has 2 aliphatic rings. The van der Waals surface area contributed by atoms with Gasteiger partial charge in [0.05, 0.1) is 6.20 Å². The molecule has 130 valence electrons. The maximum Gasteiger partial charge on any atom is 0.275 e. The second kappa shape index (κ2) is 7.23. The van der Waals surface area contributed by atoms with Crippen molar-refractivity contribution >= 4 is 11.8 Å². The molecule has 0 aromatic carbocycles. The summed E-state index contributed by atoms with van der Waals surface area (Å²) in [4.78, 5) is 31.8. The van der Waals surface area contributed by atoms with E-state index in [0.717, 1.165) is 32.1 Å². The zero-order chi connectivity index (χ0) is 17.1. The molecule has 2 aliphatic heterocycles. The minimum absolute atomic E-state index is 0.0711. The van der Waals surface area contributed by atoms with Gasteiger partial charge in [-0.3, -0.25) is 9.59 Å². The first kappa shape index (κ1) is 16.8. The van der Waals surface area contributed by atoms with Crippen molar-refractivity contribution in [3.05, 3.63) is 29.6 Å². The molecule has 0 unspecified atom stereocenters. The van der Waals surface area contributed by atoms with Crippen LogP contribution in [0.2, 0.25) is 0 Å². The molecule has 2 fully saturated rings. The van der Waals surface area contributed by atoms with Crippen LogP contribution in [0.1, 0.15) is 42.6 Å². The van der Waals surface area contributed by atoms with Crippen LogP contribution in [0.4, 0.5) is 8.78 Å². The van der Waals surface area contributed by atoms with Crippen molar-refractivity contribution in [3.63, 3.8) is 0 Å². The van der Waals surface area contributed by atoms with Crippen molar-refractivity contribution in [1.29, 1.82) is 0 Å². The highest BCUT2D eigenvalue weighted by atomic mass is 19.1. The standard InChI is InChI=1S/C17H21F2N3O2/c18-13-10-14(19)15(20-11-13)17(24)22-8-4-12(5-9-22)16(23)21-6-2-1-3-7-21/h10-12H,1-9H2. The normalized spacial score (nSPS) is 19.4. The number of nitrogens with zero attached hydrogens (tertiary/aromatic N) is 3. The molecule has 0 N–H and O–H groups in total. The minimum Gasteiger partial charge on any atom is -0.342 e. The lowest BCUT2D eigenvalue weighted by Crippen LogP contribution is -2.46. The number of hydrogen-bond donors (Lipinski definition) is 0. The Morgan fingerprint density at radius 3 is 2.29 bits per heavy atom. The van der Waals surface area contributed by atoms with Crippen molar-refractivity contribution in [3.8, 4) is 0 Å². The first-order valence-corrected chi connectivity index (χ1v) is 8.45. The second-order valence-corrected chi connectivity index (χ2v) is 6.44. The third-order valence-electron chi connectivity index (χ3n) is 4.81. The number of aromatic nitrogens is 1. The lowest BCUT2D eigenvalue weighted by Gasteiger charge is -2.35. The van der Waals surface area contributed by atoms with E-state index in [9.17, 15) is 18.4 Å². The van der Waals surface area contributed by atoms with Gasteiger partial charge in [-0.2, -0.15) is 0 Å². The molecule has 7 heteroatoms. The lowest BCUT2D eigenvalue weighted by atomic mass is 9.94. The van der Waals surface area contributed by atoms with E-state index < -0.39 is 17.5 Å². The summed E-state index contributed by atoms with van der Waals surface area (Å²) in [6, 6.07) is 0.660. The molecule has 1 aromatic heterocycles. The van der Waals surface area contributed by atoms with Gasteiger partial charge >= 0.3 is 0 Å². The van der Waals surface area contributed by atoms with Crippen molar-refractivity contribution in [1.82, 2.24) is 14.8 Å². The number of carbonyl (C=O) groups is 2. The van der Waals surface area contributed by atoms with E-state index in [1.807, 2.05) is 4.90 Å². The Bertz CT molecular complexity index is 624. The molecule has 5 nitrogen and oxygen atoms in total. The molecule has 0 radical (unpaired) electrons. The van der Waals surface area contributed by atoms with E-state index in [1.165, 1.54) is 11.3 Å². The van der Waals surface area contributed by atoms with E-state index in [0.29, 0.717) is 32.0 Å². The van der Waals surface area contributed by atoms with Gasteiger partial charge in [0.2, 0.25) is 5.91 Å². The molecule has 3 rings (SSSR count). The van der Waals surface area contributed by atoms with Crippen LogP contribution in [0.25, 0.3) is 0 Å². The van der Waals surface area contributed by atoms with E-state index in [2.05, 4.69) is 4.98 Å². The van der Waals surface area contributed by atoms with Crippen LogP contribution >= 0.6 is 0 Å². The first-order chi connectivity index (χ1) is 11.6. The predicted molar refractivity (Wildman–Crippen MR) is 83.2 cm³/mol. The fraction of sp³-hybridized carbons (Fsp3) is 0.588. The summed E-state index contributed by atoms with van der Waals surface area (Å²) >= 11 is 0. The van der Waals surface area contributed by atoms with Crippen LogP contribution in [-0.4, -0.2) is 52.8 Å². The summed E-state index contributed by atoms with van der Waals surface area (Å²) in [5, 5.41) is 0. The van der Waals surface area contributed by atoms with Crippen molar-refractivity contribution in [2.24, 2.45) is 5.92 Å². The highest BCUT2D eigenvalue weighted by Gasteiger charge is 2.32. The first-order valence-electron chi connectivity index (χ1n) is 8.45. The van der Waals surface area contributed by atoms with Gasteiger partial charge in [-0.05, 0) is 32.1 Å². The van der Waals surface area contributed by atoms with Crippen molar-refractivity contribution < 1.29 is 18.4 Å². The van der Waals surface area contributed by atoms with Gasteiger partial charge in [-0.15, -0.1) is 0 Å². The topological polar surface area (TPSA) is 53.5 Å². The SMILES string of the molecule is O=C(c1ncc(F)cc1F)N1CCC(C(=O)N2CCCCC2)CC1. The number of rotatable bonds is 2. The van der Waals surface area contributed by atoms with Gasteiger partial charge in [-0.1, -0.05) is 0 Å². The summed E-state index contributed by atoms with van der Waals surface area (Å²) in [7, 11) is 0. The third kappa shape index (κ3) is 3.55. The largest absolute Gasteiger partial charge is 0.342 e. The Balaban J connectivity index is 1.58. The Kier molecular flexibility index (Phi) is 5.06. The summed E-state index contributed by atoms with van der Waals surface area (Å²) in [5.74, 6) is -2.20. The smallest absolute Gasteiger partial charge is 0.275 e. The predicted octanol–water partition coefficient (Wildman–Crippen LogP) is 2.22. The third-order valence-corrected chi connectivity index (χ3v) is 4.81. The fourth-order valence-electron chi connectivity index (χ4n) is 3.42. The average molecular weight is 337 g/mol. The summed E-state index contributed by atoms with van der Waals surface area (Å²) in [5.41, 5.74) is -0.364. The van der Waals surface area contributed by atoms with Crippen LogP contribution < -0.4 is 0 Å². The van der Waals surface area contributed by atoms with E-state index in [1.54, 1.807) is 0 Å². The zero-order valence-corrected chi connectivity index (χ0v) is 13.5. The molecule has 24 heavy (non-hydrogen) atoms. The van der Waals surface area contributed by atoms with Crippen molar-refractivity contribution in [2.45, 2.75) is 32.1 Å². The van der Waals surface area contributed by atoms with Gasteiger partial charge in [-0.25, -0.2) is 13.8 Å². The maximum atomic E-state index is 13.7. The number of hydrogen-bond acceptors (Lipinski definition) is 3. The summed E-state index contributed by atoms with van der Waals surface area (Å²) in [6.45, 7) is 2.43. The molecular weight excluding hydrogens is 316 g/mol. The maximum absolute atomic E-state index is 13.7. The number of carbonyl (C=O) groups excluding carboxylic acids is 2. The van der Waals surface area contributed by atoms with Crippen LogP contribution in [0.3, 0.4) is 0 Å². The molecule has 0 atom stereocenters. The molecule has 0 spiro atoms.